The van der Waals surface area contributed by atoms with Crippen LogP contribution >= 0.6 is 11.9 Å². The molecule has 0 amide bonds. The van der Waals surface area contributed by atoms with Gasteiger partial charge < -0.3 is 4.98 Å². The van der Waals surface area contributed by atoms with Gasteiger partial charge in [0.05, 0.1) is 0 Å². The first-order valence-corrected chi connectivity index (χ1v) is 8.08. The number of aromatic nitrogens is 1. The second-order valence-corrected chi connectivity index (χ2v) is 7.31. The average Bonchev–Trinajstić information content (AvgIpc) is 3.31. The third kappa shape index (κ3) is 2.54. The van der Waals surface area contributed by atoms with E-state index >= 15 is 0 Å². The summed E-state index contributed by atoms with van der Waals surface area (Å²) in [6.45, 7) is 2.29. The molecule has 2 saturated carbocycles. The molecule has 0 atom stereocenters. The van der Waals surface area contributed by atoms with Gasteiger partial charge in [-0.1, -0.05) is 6.07 Å². The van der Waals surface area contributed by atoms with Crippen LogP contribution in [0.15, 0.2) is 29.3 Å². The van der Waals surface area contributed by atoms with Crippen molar-refractivity contribution < 1.29 is 0 Å². The number of nitrogens with one attached hydrogen (secondary N) is 2. The molecule has 3 heteroatoms. The van der Waals surface area contributed by atoms with Gasteiger partial charge in [0.1, 0.15) is 0 Å². The lowest BCUT2D eigenvalue weighted by Crippen LogP contribution is -2.19. The van der Waals surface area contributed by atoms with E-state index < -0.39 is 0 Å². The fourth-order valence-electron chi connectivity index (χ4n) is 2.50. The van der Waals surface area contributed by atoms with Gasteiger partial charge in [-0.25, -0.2) is 0 Å². The molecule has 2 N–H and O–H groups in total. The zero-order valence-electron chi connectivity index (χ0n) is 11.3. The first-order valence-electron chi connectivity index (χ1n) is 7.26. The summed E-state index contributed by atoms with van der Waals surface area (Å²) < 4.78 is 3.57. The van der Waals surface area contributed by atoms with Crippen LogP contribution in [0.2, 0.25) is 0 Å². The third-order valence-corrected chi connectivity index (χ3v) is 5.44. The van der Waals surface area contributed by atoms with Gasteiger partial charge in [-0.2, -0.15) is 0 Å². The predicted octanol–water partition coefficient (Wildman–Crippen LogP) is 4.27. The molecule has 0 radical (unpaired) electrons. The standard InChI is InChI=1S/C16H20N2S/c1-16(6-7-16)18-19-13-4-5-14-12(8-11-2-3-11)10-17-15(14)9-13/h4-5,9-11,17-18H,2-3,6-8H2,1H3. The molecule has 1 heterocycles. The molecule has 0 unspecified atom stereocenters. The van der Waals surface area contributed by atoms with E-state index in [0.29, 0.717) is 5.54 Å². The molecule has 2 aromatic rings. The molecule has 1 aromatic heterocycles. The second-order valence-electron chi connectivity index (χ2n) is 6.43. The number of H-pyrrole nitrogens is 1. The van der Waals surface area contributed by atoms with E-state index in [1.54, 1.807) is 11.9 Å². The second kappa shape index (κ2) is 4.29. The predicted molar refractivity (Wildman–Crippen MR) is 81.4 cm³/mol. The van der Waals surface area contributed by atoms with Gasteiger partial charge >= 0.3 is 0 Å². The maximum atomic E-state index is 3.57. The maximum absolute atomic E-state index is 3.57. The minimum Gasteiger partial charge on any atom is -0.361 e. The lowest BCUT2D eigenvalue weighted by Gasteiger charge is -2.10. The van der Waals surface area contributed by atoms with Gasteiger partial charge in [0.2, 0.25) is 0 Å². The van der Waals surface area contributed by atoms with Gasteiger partial charge in [-0.3, -0.25) is 4.72 Å². The topological polar surface area (TPSA) is 27.8 Å². The minimum atomic E-state index is 0.381. The van der Waals surface area contributed by atoms with Crippen LogP contribution in [-0.2, 0) is 6.42 Å². The van der Waals surface area contributed by atoms with Gasteiger partial charge in [0.15, 0.2) is 0 Å². The largest absolute Gasteiger partial charge is 0.361 e. The summed E-state index contributed by atoms with van der Waals surface area (Å²) in [6.07, 6.45) is 8.90. The van der Waals surface area contributed by atoms with Gasteiger partial charge in [-0.05, 0) is 74.6 Å². The number of benzene rings is 1. The summed E-state index contributed by atoms with van der Waals surface area (Å²) in [5.41, 5.74) is 3.16. The number of hydrogen-bond acceptors (Lipinski definition) is 2. The molecule has 1 aromatic carbocycles. The van der Waals surface area contributed by atoms with Crippen molar-refractivity contribution in [2.45, 2.75) is 49.5 Å². The van der Waals surface area contributed by atoms with E-state index in [9.17, 15) is 0 Å². The van der Waals surface area contributed by atoms with E-state index in [0.717, 1.165) is 5.92 Å². The summed E-state index contributed by atoms with van der Waals surface area (Å²) >= 11 is 1.77. The van der Waals surface area contributed by atoms with E-state index in [2.05, 4.69) is 41.0 Å². The molecule has 2 aliphatic carbocycles. The summed E-state index contributed by atoms with van der Waals surface area (Å²) in [6, 6.07) is 6.80. The highest BCUT2D eigenvalue weighted by Crippen LogP contribution is 2.38. The average molecular weight is 272 g/mol. The molecule has 2 nitrogen and oxygen atoms in total. The monoisotopic (exact) mass is 272 g/mol. The number of aromatic amines is 1. The highest BCUT2D eigenvalue weighted by molar-refractivity contribution is 7.97. The Labute approximate surface area is 118 Å². The fourth-order valence-corrected chi connectivity index (χ4v) is 3.38. The van der Waals surface area contributed by atoms with Crippen LogP contribution in [0.5, 0.6) is 0 Å². The number of hydrogen-bond donors (Lipinski definition) is 2. The third-order valence-electron chi connectivity index (χ3n) is 4.36. The first-order chi connectivity index (χ1) is 9.22. The van der Waals surface area contributed by atoms with Crippen molar-refractivity contribution in [1.29, 1.82) is 0 Å². The normalized spacial score (nSPS) is 20.9. The summed E-state index contributed by atoms with van der Waals surface area (Å²) in [5, 5.41) is 1.41. The van der Waals surface area contributed by atoms with Crippen molar-refractivity contribution in [3.05, 3.63) is 30.0 Å². The van der Waals surface area contributed by atoms with Crippen molar-refractivity contribution in [1.82, 2.24) is 9.71 Å². The van der Waals surface area contributed by atoms with Crippen molar-refractivity contribution in [2.75, 3.05) is 0 Å². The van der Waals surface area contributed by atoms with Crippen molar-refractivity contribution in [2.24, 2.45) is 5.92 Å². The van der Waals surface area contributed by atoms with Crippen LogP contribution in [-0.4, -0.2) is 10.5 Å². The Bertz CT molecular complexity index is 608. The zero-order valence-corrected chi connectivity index (χ0v) is 12.1. The molecule has 0 aliphatic heterocycles. The Balaban J connectivity index is 1.53. The van der Waals surface area contributed by atoms with Crippen molar-refractivity contribution in [3.63, 3.8) is 0 Å². The van der Waals surface area contributed by atoms with E-state index in [1.807, 2.05) is 0 Å². The molecule has 19 heavy (non-hydrogen) atoms. The summed E-state index contributed by atoms with van der Waals surface area (Å²) in [4.78, 5) is 4.74. The SMILES string of the molecule is CC1(NSc2ccc3c(CC4CC4)c[nH]c3c2)CC1. The van der Waals surface area contributed by atoms with Crippen LogP contribution in [0.4, 0.5) is 0 Å². The Morgan fingerprint density at radius 3 is 2.95 bits per heavy atom. The van der Waals surface area contributed by atoms with Crippen LogP contribution in [0.1, 0.15) is 38.2 Å². The Morgan fingerprint density at radius 2 is 2.21 bits per heavy atom. The fraction of sp³-hybridized carbons (Fsp3) is 0.500. The first kappa shape index (κ1) is 11.9. The van der Waals surface area contributed by atoms with Gasteiger partial charge in [-0.15, -0.1) is 0 Å². The van der Waals surface area contributed by atoms with Gasteiger partial charge in [0, 0.05) is 27.5 Å². The minimum absolute atomic E-state index is 0.381. The van der Waals surface area contributed by atoms with Crippen LogP contribution in [0, 0.1) is 5.92 Å². The lowest BCUT2D eigenvalue weighted by molar-refractivity contribution is 0.701. The lowest BCUT2D eigenvalue weighted by atomic mass is 10.1. The highest BCUT2D eigenvalue weighted by Gasteiger charge is 2.37. The Kier molecular flexibility index (Phi) is 2.68. The maximum Gasteiger partial charge on any atom is 0.0468 e. The van der Waals surface area contributed by atoms with E-state index in [4.69, 9.17) is 0 Å². The molecule has 100 valence electrons. The summed E-state index contributed by atoms with van der Waals surface area (Å²) in [5.74, 6) is 0.949. The zero-order chi connectivity index (χ0) is 12.9. The van der Waals surface area contributed by atoms with Crippen LogP contribution < -0.4 is 4.72 Å². The Morgan fingerprint density at radius 1 is 1.37 bits per heavy atom. The summed E-state index contributed by atoms with van der Waals surface area (Å²) in [7, 11) is 0. The van der Waals surface area contributed by atoms with Crippen LogP contribution in [0.25, 0.3) is 10.9 Å². The van der Waals surface area contributed by atoms with E-state index in [-0.39, 0.29) is 0 Å². The number of rotatable bonds is 5. The molecule has 2 aliphatic rings. The smallest absolute Gasteiger partial charge is 0.0468 e. The molecule has 4 rings (SSSR count). The van der Waals surface area contributed by atoms with Gasteiger partial charge in [0.25, 0.3) is 0 Å². The molecule has 0 spiro atoms. The van der Waals surface area contributed by atoms with Crippen molar-refractivity contribution >= 4 is 22.9 Å². The Hall–Kier alpha value is -0.930. The van der Waals surface area contributed by atoms with E-state index in [1.165, 1.54) is 53.5 Å². The van der Waals surface area contributed by atoms with Crippen LogP contribution in [0.3, 0.4) is 0 Å². The molecular weight excluding hydrogens is 252 g/mol. The number of fused-ring (bicyclic) bond motifs is 1. The quantitative estimate of drug-likeness (QED) is 0.796. The molecule has 0 saturated heterocycles. The highest BCUT2D eigenvalue weighted by atomic mass is 32.2. The molecular formula is C16H20N2S. The molecule has 2 fully saturated rings. The molecule has 0 bridgehead atoms. The van der Waals surface area contributed by atoms with Crippen molar-refractivity contribution in [3.8, 4) is 0 Å².